The normalized spacial score (nSPS) is 18.8. The van der Waals surface area contributed by atoms with E-state index in [-0.39, 0.29) is 13.0 Å². The van der Waals surface area contributed by atoms with Crippen LogP contribution in [0.25, 0.3) is 0 Å². The highest BCUT2D eigenvalue weighted by atomic mass is 28.4. The fourth-order valence-corrected chi connectivity index (χ4v) is 4.85. The van der Waals surface area contributed by atoms with Gasteiger partial charge in [0.1, 0.15) is 0 Å². The molecular formula is C14H26O7Si. The molecule has 0 radical (unpaired) electrons. The van der Waals surface area contributed by atoms with Gasteiger partial charge in [0, 0.05) is 32.5 Å². The second-order valence-corrected chi connectivity index (χ2v) is 7.59. The molecule has 0 aromatic rings. The van der Waals surface area contributed by atoms with Gasteiger partial charge in [-0.3, -0.25) is 9.59 Å². The van der Waals surface area contributed by atoms with Crippen LogP contribution < -0.4 is 0 Å². The number of carbonyl (C=O) groups is 2. The molecule has 128 valence electrons. The summed E-state index contributed by atoms with van der Waals surface area (Å²) < 4.78 is 27.2. The molecule has 0 amide bonds. The molecule has 0 saturated carbocycles. The highest BCUT2D eigenvalue weighted by Crippen LogP contribution is 2.19. The fourth-order valence-electron chi connectivity index (χ4n) is 2.27. The molecule has 0 aromatic carbocycles. The minimum atomic E-state index is -2.63. The topological polar surface area (TPSA) is 80.3 Å². The lowest BCUT2D eigenvalue weighted by molar-refractivity contribution is -0.153. The van der Waals surface area contributed by atoms with Crippen LogP contribution >= 0.6 is 0 Å². The van der Waals surface area contributed by atoms with Gasteiger partial charge in [-0.25, -0.2) is 0 Å². The third kappa shape index (κ3) is 6.13. The first kappa shape index (κ1) is 19.2. The number of ether oxygens (including phenoxy) is 2. The molecule has 1 fully saturated rings. The lowest BCUT2D eigenvalue weighted by Gasteiger charge is -2.28. The number of cyclic esters (lactones) is 2. The number of hydrogen-bond donors (Lipinski definition) is 0. The number of rotatable bonds is 12. The van der Waals surface area contributed by atoms with Crippen LogP contribution in [0.15, 0.2) is 0 Å². The Labute approximate surface area is 132 Å². The molecule has 1 aliphatic heterocycles. The van der Waals surface area contributed by atoms with Crippen molar-refractivity contribution >= 4 is 20.7 Å². The number of hydrogen-bond acceptors (Lipinski definition) is 7. The Bertz CT molecular complexity index is 344. The summed E-state index contributed by atoms with van der Waals surface area (Å²) in [5, 5.41) is 0. The van der Waals surface area contributed by atoms with Crippen molar-refractivity contribution in [3.63, 3.8) is 0 Å². The largest absolute Gasteiger partial charge is 0.501 e. The average Bonchev–Trinajstić information content (AvgIpc) is 2.77. The van der Waals surface area contributed by atoms with E-state index in [1.807, 2.05) is 20.8 Å². The summed E-state index contributed by atoms with van der Waals surface area (Å²) in [6.07, 6.45) is 0.816. The molecule has 1 atom stereocenters. The zero-order valence-electron chi connectivity index (χ0n) is 13.6. The maximum Gasteiger partial charge on any atom is 0.501 e. The van der Waals surface area contributed by atoms with Crippen LogP contribution in [0.4, 0.5) is 0 Å². The van der Waals surface area contributed by atoms with Crippen molar-refractivity contribution in [2.75, 3.05) is 33.0 Å². The van der Waals surface area contributed by atoms with Gasteiger partial charge >= 0.3 is 20.7 Å². The summed E-state index contributed by atoms with van der Waals surface area (Å²) in [6.45, 7) is 8.04. The van der Waals surface area contributed by atoms with E-state index in [1.165, 1.54) is 0 Å². The molecule has 1 aliphatic rings. The van der Waals surface area contributed by atoms with Gasteiger partial charge in [0.05, 0.1) is 18.9 Å². The van der Waals surface area contributed by atoms with Crippen LogP contribution in [0.1, 0.15) is 33.6 Å². The minimum Gasteiger partial charge on any atom is -0.393 e. The third-order valence-corrected chi connectivity index (χ3v) is 6.30. The number of carbonyl (C=O) groups excluding carboxylic acids is 2. The van der Waals surface area contributed by atoms with Crippen molar-refractivity contribution < 1.29 is 32.3 Å². The van der Waals surface area contributed by atoms with Crippen molar-refractivity contribution in [2.45, 2.75) is 39.7 Å². The average molecular weight is 334 g/mol. The Kier molecular flexibility index (Phi) is 8.80. The first-order valence-electron chi connectivity index (χ1n) is 7.81. The standard InChI is InChI=1S/C14H26O7Si/c1-4-18-22(19-5-2,20-6-3)9-7-8-17-11-12-10-13(15)21-14(12)16/h12H,4-11H2,1-3H3. The zero-order chi connectivity index (χ0) is 16.4. The quantitative estimate of drug-likeness (QED) is 0.232. The van der Waals surface area contributed by atoms with Crippen LogP contribution in [0, 0.1) is 5.92 Å². The first-order valence-corrected chi connectivity index (χ1v) is 9.74. The van der Waals surface area contributed by atoms with Gasteiger partial charge in [-0.1, -0.05) is 0 Å². The molecule has 0 spiro atoms. The first-order chi connectivity index (χ1) is 10.6. The Balaban J connectivity index is 2.30. The molecule has 1 heterocycles. The predicted molar refractivity (Wildman–Crippen MR) is 80.1 cm³/mol. The molecule has 0 N–H and O–H groups in total. The van der Waals surface area contributed by atoms with Gasteiger partial charge in [0.2, 0.25) is 0 Å². The van der Waals surface area contributed by atoms with Crippen molar-refractivity contribution in [1.29, 1.82) is 0 Å². The second-order valence-electron chi connectivity index (χ2n) is 4.85. The van der Waals surface area contributed by atoms with E-state index in [9.17, 15) is 9.59 Å². The van der Waals surface area contributed by atoms with Crippen LogP contribution in [0.5, 0.6) is 0 Å². The fraction of sp³-hybridized carbons (Fsp3) is 0.857. The van der Waals surface area contributed by atoms with E-state index in [4.69, 9.17) is 18.0 Å². The van der Waals surface area contributed by atoms with Gasteiger partial charge in [0.15, 0.2) is 0 Å². The minimum absolute atomic E-state index is 0.106. The lowest BCUT2D eigenvalue weighted by Crippen LogP contribution is -2.46. The Morgan fingerprint density at radius 3 is 2.14 bits per heavy atom. The number of esters is 2. The van der Waals surface area contributed by atoms with Crippen LogP contribution in [-0.4, -0.2) is 53.8 Å². The lowest BCUT2D eigenvalue weighted by atomic mass is 10.1. The van der Waals surface area contributed by atoms with E-state index in [0.717, 1.165) is 0 Å². The smallest absolute Gasteiger partial charge is 0.393 e. The zero-order valence-corrected chi connectivity index (χ0v) is 14.6. The van der Waals surface area contributed by atoms with Gasteiger partial charge < -0.3 is 22.8 Å². The van der Waals surface area contributed by atoms with Crippen molar-refractivity contribution in [3.05, 3.63) is 0 Å². The van der Waals surface area contributed by atoms with Gasteiger partial charge in [-0.05, 0) is 27.2 Å². The monoisotopic (exact) mass is 334 g/mol. The highest BCUT2D eigenvalue weighted by molar-refractivity contribution is 6.60. The third-order valence-electron chi connectivity index (χ3n) is 3.14. The molecule has 0 bridgehead atoms. The van der Waals surface area contributed by atoms with Crippen molar-refractivity contribution in [3.8, 4) is 0 Å². The Morgan fingerprint density at radius 1 is 1.09 bits per heavy atom. The summed E-state index contributed by atoms with van der Waals surface area (Å²) in [6, 6.07) is 0.663. The van der Waals surface area contributed by atoms with Gasteiger partial charge in [-0.15, -0.1) is 0 Å². The van der Waals surface area contributed by atoms with E-state index in [0.29, 0.717) is 38.9 Å². The molecule has 7 nitrogen and oxygen atoms in total. The molecule has 22 heavy (non-hydrogen) atoms. The predicted octanol–water partition coefficient (Wildman–Crippen LogP) is 1.53. The van der Waals surface area contributed by atoms with Gasteiger partial charge in [-0.2, -0.15) is 0 Å². The molecule has 1 unspecified atom stereocenters. The second kappa shape index (κ2) is 10.1. The van der Waals surface area contributed by atoms with E-state index in [2.05, 4.69) is 4.74 Å². The van der Waals surface area contributed by atoms with Gasteiger partial charge in [0.25, 0.3) is 0 Å². The molecule has 0 aliphatic carbocycles. The van der Waals surface area contributed by atoms with Crippen LogP contribution in [0.2, 0.25) is 6.04 Å². The summed E-state index contributed by atoms with van der Waals surface area (Å²) >= 11 is 0. The molecule has 1 rings (SSSR count). The SMILES string of the molecule is CCO[Si](CCCOCC1CC(=O)OC1=O)(OCC)OCC. The van der Waals surface area contributed by atoms with Crippen LogP contribution in [-0.2, 0) is 32.3 Å². The van der Waals surface area contributed by atoms with Crippen molar-refractivity contribution in [1.82, 2.24) is 0 Å². The summed E-state index contributed by atoms with van der Waals surface area (Å²) in [4.78, 5) is 22.2. The maximum absolute atomic E-state index is 11.3. The van der Waals surface area contributed by atoms with Crippen LogP contribution in [0.3, 0.4) is 0 Å². The Hall–Kier alpha value is -0.803. The molecular weight excluding hydrogens is 308 g/mol. The Morgan fingerprint density at radius 2 is 1.68 bits per heavy atom. The summed E-state index contributed by atoms with van der Waals surface area (Å²) in [7, 11) is -2.63. The summed E-state index contributed by atoms with van der Waals surface area (Å²) in [5.41, 5.74) is 0. The maximum atomic E-state index is 11.3. The molecule has 8 heteroatoms. The highest BCUT2D eigenvalue weighted by Gasteiger charge is 2.39. The van der Waals surface area contributed by atoms with E-state index >= 15 is 0 Å². The molecule has 0 aromatic heterocycles. The summed E-state index contributed by atoms with van der Waals surface area (Å²) in [5.74, 6) is -1.44. The van der Waals surface area contributed by atoms with E-state index in [1.54, 1.807) is 0 Å². The molecule has 1 saturated heterocycles. The van der Waals surface area contributed by atoms with E-state index < -0.39 is 26.7 Å². The van der Waals surface area contributed by atoms with Crippen molar-refractivity contribution in [2.24, 2.45) is 5.92 Å².